The van der Waals surface area contributed by atoms with Crippen LogP contribution in [0.3, 0.4) is 0 Å². The third kappa shape index (κ3) is 4.03. The summed E-state index contributed by atoms with van der Waals surface area (Å²) in [5, 5.41) is 14.3. The number of aliphatic carboxylic acids is 1. The molecule has 0 radical (unpaired) electrons. The molecule has 114 valence electrons. The minimum atomic E-state index is -1.00. The van der Waals surface area contributed by atoms with Crippen molar-refractivity contribution in [1.29, 1.82) is 0 Å². The number of carbonyl (C=O) groups excluding carboxylic acids is 2. The lowest BCUT2D eigenvalue weighted by atomic mass is 9.92. The summed E-state index contributed by atoms with van der Waals surface area (Å²) in [5.74, 6) is -0.0721. The molecule has 3 N–H and O–H groups in total. The van der Waals surface area contributed by atoms with Gasteiger partial charge in [-0.3, -0.25) is 4.79 Å². The zero-order chi connectivity index (χ0) is 15.3. The van der Waals surface area contributed by atoms with Crippen molar-refractivity contribution < 1.29 is 19.5 Å². The largest absolute Gasteiger partial charge is 0.480 e. The van der Waals surface area contributed by atoms with Crippen molar-refractivity contribution in [1.82, 2.24) is 15.5 Å². The molecule has 0 aromatic carbocycles. The topological polar surface area (TPSA) is 98.7 Å². The SMILES string of the molecule is CNC(=O)C(C)(C)CNC(=O)N1CCSCC1C(=O)O. The first kappa shape index (κ1) is 16.6. The number of rotatable bonds is 4. The van der Waals surface area contributed by atoms with Gasteiger partial charge in [-0.25, -0.2) is 9.59 Å². The van der Waals surface area contributed by atoms with Crippen molar-refractivity contribution in [2.24, 2.45) is 5.41 Å². The van der Waals surface area contributed by atoms with E-state index in [0.717, 1.165) is 5.75 Å². The summed E-state index contributed by atoms with van der Waals surface area (Å²) in [4.78, 5) is 36.1. The molecule has 1 unspecified atom stereocenters. The Bertz CT molecular complexity index is 400. The van der Waals surface area contributed by atoms with Crippen molar-refractivity contribution in [3.8, 4) is 0 Å². The van der Waals surface area contributed by atoms with Gasteiger partial charge in [0.15, 0.2) is 0 Å². The van der Waals surface area contributed by atoms with Gasteiger partial charge in [-0.2, -0.15) is 11.8 Å². The molecule has 1 fully saturated rings. The first-order chi connectivity index (χ1) is 9.29. The number of hydrogen-bond donors (Lipinski definition) is 3. The Balaban J connectivity index is 2.61. The Morgan fingerprint density at radius 2 is 2.05 bits per heavy atom. The highest BCUT2D eigenvalue weighted by Gasteiger charge is 2.34. The summed E-state index contributed by atoms with van der Waals surface area (Å²) in [6.45, 7) is 3.98. The van der Waals surface area contributed by atoms with E-state index in [1.165, 1.54) is 23.7 Å². The maximum atomic E-state index is 12.1. The fourth-order valence-corrected chi connectivity index (χ4v) is 2.91. The van der Waals surface area contributed by atoms with Crippen LogP contribution in [0.2, 0.25) is 0 Å². The quantitative estimate of drug-likeness (QED) is 0.677. The van der Waals surface area contributed by atoms with Crippen molar-refractivity contribution in [2.45, 2.75) is 19.9 Å². The van der Waals surface area contributed by atoms with Crippen molar-refractivity contribution in [2.75, 3.05) is 31.6 Å². The first-order valence-corrected chi connectivity index (χ1v) is 7.52. The second-order valence-corrected chi connectivity index (χ2v) is 6.39. The molecule has 20 heavy (non-hydrogen) atoms. The van der Waals surface area contributed by atoms with Gasteiger partial charge in [-0.1, -0.05) is 0 Å². The molecule has 1 atom stereocenters. The van der Waals surface area contributed by atoms with Crippen molar-refractivity contribution >= 4 is 29.7 Å². The molecule has 1 saturated heterocycles. The first-order valence-electron chi connectivity index (χ1n) is 6.37. The van der Waals surface area contributed by atoms with E-state index in [0.29, 0.717) is 12.3 Å². The standard InChI is InChI=1S/C12H21N3O4S/c1-12(2,10(18)13-3)7-14-11(19)15-4-5-20-6-8(15)9(16)17/h8H,4-7H2,1-3H3,(H,13,18)(H,14,19)(H,16,17). The average molecular weight is 303 g/mol. The van der Waals surface area contributed by atoms with E-state index in [2.05, 4.69) is 10.6 Å². The number of nitrogens with one attached hydrogen (secondary N) is 2. The van der Waals surface area contributed by atoms with Crippen LogP contribution >= 0.6 is 11.8 Å². The maximum Gasteiger partial charge on any atom is 0.327 e. The number of hydrogen-bond acceptors (Lipinski definition) is 4. The zero-order valence-electron chi connectivity index (χ0n) is 11.9. The second kappa shape index (κ2) is 6.83. The predicted octanol–water partition coefficient (Wildman–Crippen LogP) is -0.0298. The number of nitrogens with zero attached hydrogens (tertiary/aromatic N) is 1. The normalized spacial score (nSPS) is 19.4. The van der Waals surface area contributed by atoms with Crippen LogP contribution < -0.4 is 10.6 Å². The van der Waals surface area contributed by atoms with Gasteiger partial charge in [-0.05, 0) is 13.8 Å². The Morgan fingerprint density at radius 3 is 2.60 bits per heavy atom. The molecule has 7 nitrogen and oxygen atoms in total. The van der Waals surface area contributed by atoms with E-state index in [1.807, 2.05) is 0 Å². The molecule has 0 bridgehead atoms. The lowest BCUT2D eigenvalue weighted by Crippen LogP contribution is -2.55. The molecule has 0 saturated carbocycles. The van der Waals surface area contributed by atoms with Gasteiger partial charge in [-0.15, -0.1) is 0 Å². The molecule has 0 aromatic rings. The average Bonchev–Trinajstić information content (AvgIpc) is 2.43. The summed E-state index contributed by atoms with van der Waals surface area (Å²) in [5.41, 5.74) is -0.742. The lowest BCUT2D eigenvalue weighted by Gasteiger charge is -2.33. The van der Waals surface area contributed by atoms with Crippen LogP contribution in [0.4, 0.5) is 4.79 Å². The van der Waals surface area contributed by atoms with Gasteiger partial charge in [0, 0.05) is 31.6 Å². The van der Waals surface area contributed by atoms with Gasteiger partial charge in [0.25, 0.3) is 0 Å². The molecular formula is C12H21N3O4S. The highest BCUT2D eigenvalue weighted by atomic mass is 32.2. The van der Waals surface area contributed by atoms with Crippen LogP contribution in [0, 0.1) is 5.41 Å². The lowest BCUT2D eigenvalue weighted by molar-refractivity contribution is -0.141. The molecule has 0 spiro atoms. The molecule has 1 aliphatic heterocycles. The van der Waals surface area contributed by atoms with E-state index in [-0.39, 0.29) is 12.5 Å². The Hall–Kier alpha value is -1.44. The van der Waals surface area contributed by atoms with E-state index in [9.17, 15) is 14.4 Å². The highest BCUT2D eigenvalue weighted by Crippen LogP contribution is 2.18. The number of carboxylic acids is 1. The van der Waals surface area contributed by atoms with E-state index >= 15 is 0 Å². The number of thioether (sulfide) groups is 1. The van der Waals surface area contributed by atoms with Crippen LogP contribution in [0.15, 0.2) is 0 Å². The van der Waals surface area contributed by atoms with Crippen LogP contribution in [-0.2, 0) is 9.59 Å². The molecule has 0 aliphatic carbocycles. The summed E-state index contributed by atoms with van der Waals surface area (Å²) in [7, 11) is 1.54. The van der Waals surface area contributed by atoms with E-state index in [1.54, 1.807) is 13.8 Å². The molecular weight excluding hydrogens is 282 g/mol. The van der Waals surface area contributed by atoms with Crippen LogP contribution in [0.1, 0.15) is 13.8 Å². The summed E-state index contributed by atoms with van der Waals surface area (Å²) >= 11 is 1.52. The molecule has 1 rings (SSSR count). The number of carbonyl (C=O) groups is 3. The van der Waals surface area contributed by atoms with Gasteiger partial charge >= 0.3 is 12.0 Å². The van der Waals surface area contributed by atoms with Crippen LogP contribution in [-0.4, -0.2) is 65.6 Å². The highest BCUT2D eigenvalue weighted by molar-refractivity contribution is 7.99. The Kier molecular flexibility index (Phi) is 5.67. The summed E-state index contributed by atoms with van der Waals surface area (Å²) < 4.78 is 0. The molecule has 8 heteroatoms. The minimum Gasteiger partial charge on any atom is -0.480 e. The Morgan fingerprint density at radius 1 is 1.40 bits per heavy atom. The van der Waals surface area contributed by atoms with E-state index in [4.69, 9.17) is 5.11 Å². The fraction of sp³-hybridized carbons (Fsp3) is 0.750. The minimum absolute atomic E-state index is 0.154. The molecule has 1 heterocycles. The van der Waals surface area contributed by atoms with Crippen molar-refractivity contribution in [3.63, 3.8) is 0 Å². The third-order valence-electron chi connectivity index (χ3n) is 3.20. The zero-order valence-corrected chi connectivity index (χ0v) is 12.7. The number of carboxylic acid groups (broad SMARTS) is 1. The van der Waals surface area contributed by atoms with Crippen LogP contribution in [0.25, 0.3) is 0 Å². The maximum absolute atomic E-state index is 12.1. The number of amides is 3. The van der Waals surface area contributed by atoms with Gasteiger partial charge in [0.1, 0.15) is 6.04 Å². The number of urea groups is 1. The summed E-state index contributed by atoms with van der Waals surface area (Å²) in [6.07, 6.45) is 0. The van der Waals surface area contributed by atoms with Crippen molar-refractivity contribution in [3.05, 3.63) is 0 Å². The molecule has 0 aromatic heterocycles. The van der Waals surface area contributed by atoms with E-state index < -0.39 is 23.5 Å². The monoisotopic (exact) mass is 303 g/mol. The Labute approximate surface area is 122 Å². The summed E-state index contributed by atoms with van der Waals surface area (Å²) in [6, 6.07) is -1.24. The molecule has 3 amide bonds. The smallest absolute Gasteiger partial charge is 0.327 e. The predicted molar refractivity (Wildman–Crippen MR) is 76.7 cm³/mol. The van der Waals surface area contributed by atoms with Crippen LogP contribution in [0.5, 0.6) is 0 Å². The van der Waals surface area contributed by atoms with Gasteiger partial charge in [0.2, 0.25) is 5.91 Å². The third-order valence-corrected chi connectivity index (χ3v) is 4.22. The van der Waals surface area contributed by atoms with Gasteiger partial charge in [0.05, 0.1) is 5.41 Å². The second-order valence-electron chi connectivity index (χ2n) is 5.24. The fourth-order valence-electron chi connectivity index (χ4n) is 1.87. The molecule has 1 aliphatic rings. The van der Waals surface area contributed by atoms with Gasteiger partial charge < -0.3 is 20.6 Å².